The fourth-order valence-electron chi connectivity index (χ4n) is 3.16. The SMILES string of the molecule is CNc1nc(NC2(C#N)CCC(C(=O)OC(C)(C)C)CC2)nc(-n2cncn2)n1. The molecule has 0 spiro atoms. The van der Waals surface area contributed by atoms with E-state index >= 15 is 0 Å². The number of carbonyl (C=O) groups is 1. The van der Waals surface area contributed by atoms with Crippen LogP contribution in [-0.4, -0.2) is 53.9 Å². The van der Waals surface area contributed by atoms with E-state index in [0.29, 0.717) is 31.6 Å². The number of hydrogen-bond acceptors (Lipinski definition) is 10. The predicted molar refractivity (Wildman–Crippen MR) is 104 cm³/mol. The van der Waals surface area contributed by atoms with Gasteiger partial charge in [-0.3, -0.25) is 4.79 Å². The molecule has 2 aromatic rings. The average molecular weight is 399 g/mol. The monoisotopic (exact) mass is 399 g/mol. The van der Waals surface area contributed by atoms with Crippen molar-refractivity contribution in [3.05, 3.63) is 12.7 Å². The smallest absolute Gasteiger partial charge is 0.309 e. The zero-order chi connectivity index (χ0) is 21.1. The molecular formula is C18H25N9O2. The van der Waals surface area contributed by atoms with Crippen molar-refractivity contribution in [2.45, 2.75) is 57.6 Å². The fraction of sp³-hybridized carbons (Fsp3) is 0.611. The van der Waals surface area contributed by atoms with Crippen LogP contribution < -0.4 is 10.6 Å². The molecule has 29 heavy (non-hydrogen) atoms. The Morgan fingerprint density at radius 2 is 1.97 bits per heavy atom. The van der Waals surface area contributed by atoms with Crippen LogP contribution >= 0.6 is 0 Å². The second-order valence-corrected chi connectivity index (χ2v) is 8.00. The molecule has 11 heteroatoms. The van der Waals surface area contributed by atoms with Crippen LogP contribution in [0.15, 0.2) is 12.7 Å². The summed E-state index contributed by atoms with van der Waals surface area (Å²) in [5.74, 6) is 0.445. The Labute approximate surface area is 168 Å². The summed E-state index contributed by atoms with van der Waals surface area (Å²) in [6.45, 7) is 5.55. The van der Waals surface area contributed by atoms with E-state index in [0.717, 1.165) is 0 Å². The number of nitrogens with zero attached hydrogens (tertiary/aromatic N) is 7. The molecule has 2 heterocycles. The Kier molecular flexibility index (Phi) is 5.63. The van der Waals surface area contributed by atoms with Crippen molar-refractivity contribution < 1.29 is 9.53 Å². The van der Waals surface area contributed by atoms with Crippen molar-refractivity contribution in [2.75, 3.05) is 17.7 Å². The minimum atomic E-state index is -0.871. The largest absolute Gasteiger partial charge is 0.460 e. The molecule has 2 N–H and O–H groups in total. The van der Waals surface area contributed by atoms with E-state index in [2.05, 4.69) is 41.7 Å². The maximum atomic E-state index is 12.3. The van der Waals surface area contributed by atoms with Gasteiger partial charge in [0.15, 0.2) is 0 Å². The lowest BCUT2D eigenvalue weighted by Gasteiger charge is -2.35. The number of esters is 1. The van der Waals surface area contributed by atoms with Crippen molar-refractivity contribution in [3.63, 3.8) is 0 Å². The topological polar surface area (TPSA) is 144 Å². The number of hydrogen-bond donors (Lipinski definition) is 2. The summed E-state index contributed by atoms with van der Waals surface area (Å²) in [5, 5.41) is 19.9. The number of anilines is 2. The molecule has 0 aromatic carbocycles. The third-order valence-corrected chi connectivity index (χ3v) is 4.62. The van der Waals surface area contributed by atoms with Gasteiger partial charge in [0.2, 0.25) is 11.9 Å². The molecule has 1 saturated carbocycles. The van der Waals surface area contributed by atoms with E-state index in [4.69, 9.17) is 4.74 Å². The highest BCUT2D eigenvalue weighted by Crippen LogP contribution is 2.35. The predicted octanol–water partition coefficient (Wildman–Crippen LogP) is 1.70. The van der Waals surface area contributed by atoms with E-state index in [1.54, 1.807) is 7.05 Å². The molecule has 0 amide bonds. The molecule has 3 rings (SSSR count). The van der Waals surface area contributed by atoms with E-state index in [1.807, 2.05) is 20.8 Å². The van der Waals surface area contributed by atoms with Gasteiger partial charge in [0.25, 0.3) is 5.95 Å². The van der Waals surface area contributed by atoms with Crippen molar-refractivity contribution in [1.29, 1.82) is 5.26 Å². The summed E-state index contributed by atoms with van der Waals surface area (Å²) in [7, 11) is 1.69. The van der Waals surface area contributed by atoms with E-state index in [1.165, 1.54) is 17.3 Å². The third kappa shape index (κ3) is 4.96. The van der Waals surface area contributed by atoms with E-state index < -0.39 is 11.1 Å². The lowest BCUT2D eigenvalue weighted by atomic mass is 9.77. The van der Waals surface area contributed by atoms with Crippen LogP contribution in [-0.2, 0) is 9.53 Å². The molecule has 0 bridgehead atoms. The average Bonchev–Trinajstić information content (AvgIpc) is 3.21. The van der Waals surface area contributed by atoms with Gasteiger partial charge < -0.3 is 15.4 Å². The Morgan fingerprint density at radius 1 is 1.28 bits per heavy atom. The summed E-state index contributed by atoms with van der Waals surface area (Å²) < 4.78 is 6.89. The molecule has 0 saturated heterocycles. The second-order valence-electron chi connectivity index (χ2n) is 8.00. The standard InChI is InChI=1S/C18H25N9O2/c1-17(2,3)29-13(28)12-5-7-18(9-19,8-6-12)26-15-23-14(20-4)24-16(25-15)27-11-21-10-22-27/h10-12H,5-8H2,1-4H3,(H2,20,23,24,25,26). The van der Waals surface area contributed by atoms with Gasteiger partial charge in [0.1, 0.15) is 23.8 Å². The van der Waals surface area contributed by atoms with Gasteiger partial charge in [-0.15, -0.1) is 0 Å². The molecule has 2 aromatic heterocycles. The normalized spacial score (nSPS) is 21.8. The van der Waals surface area contributed by atoms with Crippen molar-refractivity contribution >= 4 is 17.9 Å². The highest BCUT2D eigenvalue weighted by Gasteiger charge is 2.39. The zero-order valence-electron chi connectivity index (χ0n) is 17.0. The van der Waals surface area contributed by atoms with Crippen LogP contribution in [0, 0.1) is 17.2 Å². The molecule has 11 nitrogen and oxygen atoms in total. The van der Waals surface area contributed by atoms with Crippen molar-refractivity contribution in [1.82, 2.24) is 29.7 Å². The summed E-state index contributed by atoms with van der Waals surface area (Å²) in [5.41, 5.74) is -1.39. The minimum absolute atomic E-state index is 0.213. The van der Waals surface area contributed by atoms with Gasteiger partial charge in [0, 0.05) is 7.05 Å². The minimum Gasteiger partial charge on any atom is -0.460 e. The number of nitriles is 1. The Bertz CT molecular complexity index is 891. The summed E-state index contributed by atoms with van der Waals surface area (Å²) in [6.07, 6.45) is 4.92. The van der Waals surface area contributed by atoms with Gasteiger partial charge in [-0.05, 0) is 46.5 Å². The fourth-order valence-corrected chi connectivity index (χ4v) is 3.16. The lowest BCUT2D eigenvalue weighted by Crippen LogP contribution is -2.43. The van der Waals surface area contributed by atoms with Crippen LogP contribution in [0.3, 0.4) is 0 Å². The Morgan fingerprint density at radius 3 is 2.52 bits per heavy atom. The summed E-state index contributed by atoms with van der Waals surface area (Å²) in [6, 6.07) is 2.35. The van der Waals surface area contributed by atoms with Crippen molar-refractivity contribution in [2.24, 2.45) is 5.92 Å². The van der Waals surface area contributed by atoms with Gasteiger partial charge in [0.05, 0.1) is 12.0 Å². The number of rotatable bonds is 5. The molecular weight excluding hydrogens is 374 g/mol. The first-order valence-electron chi connectivity index (χ1n) is 9.45. The number of aromatic nitrogens is 6. The summed E-state index contributed by atoms with van der Waals surface area (Å²) in [4.78, 5) is 29.2. The number of nitrogens with one attached hydrogen (secondary N) is 2. The first-order chi connectivity index (χ1) is 13.7. The third-order valence-electron chi connectivity index (χ3n) is 4.62. The molecule has 0 unspecified atom stereocenters. The van der Waals surface area contributed by atoms with Crippen LogP contribution in [0.2, 0.25) is 0 Å². The van der Waals surface area contributed by atoms with Gasteiger partial charge in [-0.25, -0.2) is 4.98 Å². The molecule has 154 valence electrons. The Balaban J connectivity index is 1.75. The van der Waals surface area contributed by atoms with Crippen LogP contribution in [0.25, 0.3) is 5.95 Å². The van der Waals surface area contributed by atoms with Crippen LogP contribution in [0.4, 0.5) is 11.9 Å². The van der Waals surface area contributed by atoms with Crippen LogP contribution in [0.1, 0.15) is 46.5 Å². The maximum absolute atomic E-state index is 12.3. The highest BCUT2D eigenvalue weighted by molar-refractivity contribution is 5.73. The first kappa shape index (κ1) is 20.4. The molecule has 0 radical (unpaired) electrons. The maximum Gasteiger partial charge on any atom is 0.309 e. The highest BCUT2D eigenvalue weighted by atomic mass is 16.6. The van der Waals surface area contributed by atoms with Crippen LogP contribution in [0.5, 0.6) is 0 Å². The molecule has 0 aliphatic heterocycles. The number of ether oxygens (including phenoxy) is 1. The lowest BCUT2D eigenvalue weighted by molar-refractivity contribution is -0.161. The first-order valence-corrected chi connectivity index (χ1v) is 9.45. The van der Waals surface area contributed by atoms with Gasteiger partial charge in [-0.2, -0.15) is 30.0 Å². The molecule has 1 aliphatic rings. The Hall–Kier alpha value is -3.29. The quantitative estimate of drug-likeness (QED) is 0.713. The molecule has 1 fully saturated rings. The van der Waals surface area contributed by atoms with E-state index in [-0.39, 0.29) is 23.8 Å². The molecule has 1 aliphatic carbocycles. The van der Waals surface area contributed by atoms with Gasteiger partial charge >= 0.3 is 5.97 Å². The van der Waals surface area contributed by atoms with Crippen molar-refractivity contribution in [3.8, 4) is 12.0 Å². The van der Waals surface area contributed by atoms with E-state index in [9.17, 15) is 10.1 Å². The second kappa shape index (κ2) is 7.98. The summed E-state index contributed by atoms with van der Waals surface area (Å²) >= 11 is 0. The zero-order valence-corrected chi connectivity index (χ0v) is 17.0. The molecule has 0 atom stereocenters. The number of carbonyl (C=O) groups excluding carboxylic acids is 1. The van der Waals surface area contributed by atoms with Gasteiger partial charge in [-0.1, -0.05) is 0 Å².